The van der Waals surface area contributed by atoms with Crippen molar-refractivity contribution >= 4 is 0 Å². The first kappa shape index (κ1) is 14.9. The van der Waals surface area contributed by atoms with Crippen LogP contribution in [-0.2, 0) is 0 Å². The fraction of sp³-hybridized carbons (Fsp3) is 0.789. The van der Waals surface area contributed by atoms with E-state index in [1.165, 1.54) is 5.57 Å². The van der Waals surface area contributed by atoms with Crippen molar-refractivity contribution in [3.8, 4) is 0 Å². The Hall–Kier alpha value is -0.640. The topological polar surface area (TPSA) is 66.5 Å². The molecule has 4 aliphatic rings. The number of fused-ring (bicyclic) bond motifs is 5. The first-order valence-electron chi connectivity index (χ1n) is 8.88. The quantitative estimate of drug-likeness (QED) is 0.602. The Morgan fingerprint density at radius 2 is 1.91 bits per heavy atom. The summed E-state index contributed by atoms with van der Waals surface area (Å²) in [5, 5.41) is 21.3. The Morgan fingerprint density at radius 1 is 1.14 bits per heavy atom. The highest BCUT2D eigenvalue weighted by Gasteiger charge is 2.59. The molecule has 3 heteroatoms. The number of allylic oxidation sites excluding steroid dienone is 1. The van der Waals surface area contributed by atoms with Crippen LogP contribution in [0.4, 0.5) is 0 Å². The van der Waals surface area contributed by atoms with Crippen LogP contribution in [0.2, 0.25) is 0 Å². The number of aliphatic hydroxyl groups is 2. The van der Waals surface area contributed by atoms with Gasteiger partial charge in [-0.2, -0.15) is 0 Å². The maximum atomic E-state index is 10.9. The summed E-state index contributed by atoms with van der Waals surface area (Å²) in [5.41, 5.74) is 7.48. The van der Waals surface area contributed by atoms with Crippen molar-refractivity contribution in [2.24, 2.45) is 34.3 Å². The van der Waals surface area contributed by atoms with Crippen LogP contribution in [-0.4, -0.2) is 28.5 Å². The van der Waals surface area contributed by atoms with Crippen molar-refractivity contribution in [3.63, 3.8) is 0 Å². The highest BCUT2D eigenvalue weighted by Crippen LogP contribution is 2.63. The van der Waals surface area contributed by atoms with Gasteiger partial charge in [0.15, 0.2) is 0 Å². The molecule has 4 aliphatic carbocycles. The fourth-order valence-corrected chi connectivity index (χ4v) is 6.24. The smallest absolute Gasteiger partial charge is 0.0757 e. The van der Waals surface area contributed by atoms with Crippen LogP contribution in [0.1, 0.15) is 46.0 Å². The molecule has 0 aromatic rings. The molecule has 22 heavy (non-hydrogen) atoms. The van der Waals surface area contributed by atoms with Crippen molar-refractivity contribution in [3.05, 3.63) is 23.8 Å². The van der Waals surface area contributed by atoms with Gasteiger partial charge >= 0.3 is 0 Å². The van der Waals surface area contributed by atoms with Crippen molar-refractivity contribution in [1.29, 1.82) is 0 Å². The summed E-state index contributed by atoms with van der Waals surface area (Å²) in [6.07, 6.45) is 11.0. The molecule has 122 valence electrons. The second-order valence-electron chi connectivity index (χ2n) is 8.62. The van der Waals surface area contributed by atoms with Gasteiger partial charge in [0.05, 0.1) is 12.2 Å². The Kier molecular flexibility index (Phi) is 3.18. The molecule has 0 aromatic carbocycles. The summed E-state index contributed by atoms with van der Waals surface area (Å²) in [7, 11) is 0. The monoisotopic (exact) mass is 303 g/mol. The summed E-state index contributed by atoms with van der Waals surface area (Å²) in [4.78, 5) is 0. The van der Waals surface area contributed by atoms with Gasteiger partial charge in [-0.15, -0.1) is 0 Å². The number of nitrogens with two attached hydrogens (primary N) is 1. The lowest BCUT2D eigenvalue weighted by Crippen LogP contribution is -2.54. The molecule has 0 aliphatic heterocycles. The zero-order valence-electron chi connectivity index (χ0n) is 13.7. The van der Waals surface area contributed by atoms with Crippen LogP contribution >= 0.6 is 0 Å². The summed E-state index contributed by atoms with van der Waals surface area (Å²) < 4.78 is 0. The molecule has 8 atom stereocenters. The highest BCUT2D eigenvalue weighted by atomic mass is 16.3. The van der Waals surface area contributed by atoms with Crippen LogP contribution in [0.25, 0.3) is 0 Å². The molecule has 0 amide bonds. The lowest BCUT2D eigenvalue weighted by atomic mass is 9.48. The average molecular weight is 303 g/mol. The molecular weight excluding hydrogens is 274 g/mol. The van der Waals surface area contributed by atoms with Gasteiger partial charge in [-0.3, -0.25) is 0 Å². The van der Waals surface area contributed by atoms with Gasteiger partial charge in [0.25, 0.3) is 0 Å². The van der Waals surface area contributed by atoms with E-state index >= 15 is 0 Å². The Labute approximate surface area is 133 Å². The lowest BCUT2D eigenvalue weighted by molar-refractivity contribution is -0.0898. The van der Waals surface area contributed by atoms with Crippen molar-refractivity contribution < 1.29 is 10.2 Å². The van der Waals surface area contributed by atoms with Gasteiger partial charge in [0.1, 0.15) is 0 Å². The summed E-state index contributed by atoms with van der Waals surface area (Å²) in [5.74, 6) is 1.20. The van der Waals surface area contributed by atoms with Crippen LogP contribution in [0.15, 0.2) is 23.8 Å². The fourth-order valence-electron chi connectivity index (χ4n) is 6.24. The largest absolute Gasteiger partial charge is 0.393 e. The average Bonchev–Trinajstić information content (AvgIpc) is 2.77. The predicted molar refractivity (Wildman–Crippen MR) is 87.0 cm³/mol. The number of rotatable bonds is 0. The molecule has 3 nitrogen and oxygen atoms in total. The van der Waals surface area contributed by atoms with Crippen LogP contribution in [0.5, 0.6) is 0 Å². The normalized spacial score (nSPS) is 56.9. The van der Waals surface area contributed by atoms with Gasteiger partial charge < -0.3 is 15.9 Å². The van der Waals surface area contributed by atoms with Crippen LogP contribution in [0.3, 0.4) is 0 Å². The van der Waals surface area contributed by atoms with E-state index in [-0.39, 0.29) is 35.0 Å². The predicted octanol–water partition coefficient (Wildman–Crippen LogP) is 2.38. The van der Waals surface area contributed by atoms with Crippen molar-refractivity contribution in [1.82, 2.24) is 0 Å². The van der Waals surface area contributed by atoms with E-state index in [1.54, 1.807) is 0 Å². The van der Waals surface area contributed by atoms with E-state index in [2.05, 4.69) is 32.1 Å². The molecule has 0 heterocycles. The third kappa shape index (κ3) is 1.79. The molecule has 0 spiro atoms. The molecule has 4 rings (SSSR count). The van der Waals surface area contributed by atoms with E-state index in [9.17, 15) is 10.2 Å². The minimum Gasteiger partial charge on any atom is -0.393 e. The molecule has 4 N–H and O–H groups in total. The molecule has 0 radical (unpaired) electrons. The molecule has 0 saturated heterocycles. The van der Waals surface area contributed by atoms with E-state index in [4.69, 9.17) is 5.73 Å². The maximum Gasteiger partial charge on any atom is 0.0757 e. The van der Waals surface area contributed by atoms with E-state index in [0.717, 1.165) is 32.1 Å². The number of hydrogen-bond donors (Lipinski definition) is 3. The third-order valence-corrected chi connectivity index (χ3v) is 7.66. The molecule has 0 unspecified atom stereocenters. The van der Waals surface area contributed by atoms with Crippen LogP contribution < -0.4 is 5.73 Å². The zero-order valence-corrected chi connectivity index (χ0v) is 13.7. The van der Waals surface area contributed by atoms with Gasteiger partial charge in [-0.25, -0.2) is 0 Å². The molecule has 2 saturated carbocycles. The highest BCUT2D eigenvalue weighted by molar-refractivity contribution is 5.35. The summed E-state index contributed by atoms with van der Waals surface area (Å²) >= 11 is 0. The first-order chi connectivity index (χ1) is 10.4. The van der Waals surface area contributed by atoms with Gasteiger partial charge in [-0.1, -0.05) is 37.6 Å². The Bertz CT molecular complexity index is 542. The molecule has 0 aromatic heterocycles. The van der Waals surface area contributed by atoms with Gasteiger partial charge in [-0.05, 0) is 55.3 Å². The van der Waals surface area contributed by atoms with Gasteiger partial charge in [0.2, 0.25) is 0 Å². The lowest BCUT2D eigenvalue weighted by Gasteiger charge is -2.57. The minimum absolute atomic E-state index is 0.00136. The maximum absolute atomic E-state index is 10.9. The van der Waals surface area contributed by atoms with Crippen molar-refractivity contribution in [2.75, 3.05) is 0 Å². The Morgan fingerprint density at radius 3 is 2.68 bits per heavy atom. The molecular formula is C19H29NO2. The second kappa shape index (κ2) is 4.68. The third-order valence-electron chi connectivity index (χ3n) is 7.66. The number of aliphatic hydroxyl groups excluding tert-OH is 2. The molecule has 0 bridgehead atoms. The Balaban J connectivity index is 1.76. The summed E-state index contributed by atoms with van der Waals surface area (Å²) in [6, 6.07) is 0.0882. The van der Waals surface area contributed by atoms with Gasteiger partial charge in [0, 0.05) is 11.5 Å². The van der Waals surface area contributed by atoms with Crippen molar-refractivity contribution in [2.45, 2.75) is 64.2 Å². The second-order valence-corrected chi connectivity index (χ2v) is 8.62. The SMILES string of the molecule is C[C@]12CC[C@H]3[C@@H]([C@@H](O)C=C4C[C@@H](N)C=C[C@@]43C)[C@@H]1CC[C@@H]2O. The zero-order chi connectivity index (χ0) is 15.7. The summed E-state index contributed by atoms with van der Waals surface area (Å²) in [6.45, 7) is 4.57. The van der Waals surface area contributed by atoms with E-state index in [1.807, 2.05) is 0 Å². The van der Waals surface area contributed by atoms with E-state index < -0.39 is 0 Å². The first-order valence-corrected chi connectivity index (χ1v) is 8.88. The van der Waals surface area contributed by atoms with Crippen LogP contribution in [0, 0.1) is 28.6 Å². The minimum atomic E-state index is -0.373. The number of hydrogen-bond acceptors (Lipinski definition) is 3. The molecule has 2 fully saturated rings. The standard InChI is InChI=1S/C19H29NO2/c1-18-7-5-12(20)9-11(18)10-15(21)17-13-3-4-16(22)19(13,2)8-6-14(17)18/h5,7,10,12-17,21-22H,3-4,6,8-9,20H2,1-2H3/t12-,13-,14-,15-,16-,17-,18-,19-/m0/s1. The van der Waals surface area contributed by atoms with E-state index in [0.29, 0.717) is 11.8 Å².